The second-order valence-corrected chi connectivity index (χ2v) is 6.68. The lowest BCUT2D eigenvalue weighted by Crippen LogP contribution is -2.36. The van der Waals surface area contributed by atoms with Crippen LogP contribution >= 0.6 is 11.3 Å². The van der Waals surface area contributed by atoms with Crippen LogP contribution in [0.3, 0.4) is 0 Å². The van der Waals surface area contributed by atoms with Gasteiger partial charge in [-0.25, -0.2) is 15.0 Å². The summed E-state index contributed by atoms with van der Waals surface area (Å²) in [6, 6.07) is 1.71. The molecule has 0 aromatic carbocycles. The van der Waals surface area contributed by atoms with Gasteiger partial charge in [0.1, 0.15) is 11.6 Å². The minimum absolute atomic E-state index is 0.359. The number of anilines is 2. The van der Waals surface area contributed by atoms with Crippen molar-refractivity contribution >= 4 is 23.1 Å². The van der Waals surface area contributed by atoms with Gasteiger partial charge in [-0.05, 0) is 18.9 Å². The van der Waals surface area contributed by atoms with Crippen LogP contribution in [0.2, 0.25) is 0 Å². The van der Waals surface area contributed by atoms with Gasteiger partial charge in [0.15, 0.2) is 0 Å². The molecule has 2 N–H and O–H groups in total. The largest absolute Gasteiger partial charge is 0.384 e. The highest BCUT2D eigenvalue weighted by atomic mass is 32.1. The normalized spacial score (nSPS) is 18.0. The molecule has 0 aliphatic carbocycles. The number of rotatable bonds is 4. The third-order valence-corrected chi connectivity index (χ3v) is 4.93. The average Bonchev–Trinajstić information content (AvgIpc) is 3.27. The average molecular weight is 341 g/mol. The van der Waals surface area contributed by atoms with E-state index in [1.165, 1.54) is 0 Å². The molecular weight excluding hydrogens is 322 g/mol. The second-order valence-electron chi connectivity index (χ2n) is 5.96. The van der Waals surface area contributed by atoms with Gasteiger partial charge in [0.25, 0.3) is 0 Å². The van der Waals surface area contributed by atoms with Gasteiger partial charge < -0.3 is 15.2 Å². The summed E-state index contributed by atoms with van der Waals surface area (Å²) in [6.07, 6.45) is 7.83. The number of imidazole rings is 1. The molecule has 0 radical (unpaired) electrons. The number of hydrogen-bond acceptors (Lipinski definition) is 7. The van der Waals surface area contributed by atoms with Gasteiger partial charge in [0.05, 0.1) is 17.7 Å². The van der Waals surface area contributed by atoms with E-state index in [2.05, 4.69) is 34.8 Å². The lowest BCUT2D eigenvalue weighted by atomic mass is 9.97. The Bertz CT molecular complexity index is 798. The Morgan fingerprint density at radius 1 is 1.25 bits per heavy atom. The molecule has 0 spiro atoms. The smallest absolute Gasteiger partial charge is 0.227 e. The Hall–Kier alpha value is -2.48. The van der Waals surface area contributed by atoms with Crippen LogP contribution < -0.4 is 10.6 Å². The van der Waals surface area contributed by atoms with Crippen LogP contribution in [-0.4, -0.2) is 37.6 Å². The Morgan fingerprint density at radius 3 is 3.04 bits per heavy atom. The number of hydrogen-bond donors (Lipinski definition) is 1. The van der Waals surface area contributed by atoms with Gasteiger partial charge in [-0.15, -0.1) is 11.3 Å². The van der Waals surface area contributed by atoms with E-state index in [9.17, 15) is 0 Å². The highest BCUT2D eigenvalue weighted by molar-refractivity contribution is 7.07. The molecule has 1 aliphatic rings. The fraction of sp³-hybridized carbons (Fsp3) is 0.375. The SMILES string of the molecule is Nc1ccnc(N2CCC[C@H](c3nccn3Cc3cscn3)C2)n1. The highest BCUT2D eigenvalue weighted by Crippen LogP contribution is 2.28. The van der Waals surface area contributed by atoms with Crippen molar-refractivity contribution in [2.75, 3.05) is 23.7 Å². The third-order valence-electron chi connectivity index (χ3n) is 4.30. The fourth-order valence-corrected chi connectivity index (χ4v) is 3.74. The van der Waals surface area contributed by atoms with Crippen LogP contribution in [0.4, 0.5) is 11.8 Å². The highest BCUT2D eigenvalue weighted by Gasteiger charge is 2.26. The number of nitrogens with zero attached hydrogens (tertiary/aromatic N) is 6. The summed E-state index contributed by atoms with van der Waals surface area (Å²) in [5.41, 5.74) is 8.74. The topological polar surface area (TPSA) is 85.8 Å². The number of nitrogens with two attached hydrogens (primary N) is 1. The maximum atomic E-state index is 5.79. The monoisotopic (exact) mass is 341 g/mol. The molecule has 1 saturated heterocycles. The first-order valence-corrected chi connectivity index (χ1v) is 8.95. The molecular formula is C16H19N7S. The van der Waals surface area contributed by atoms with E-state index in [4.69, 9.17) is 5.73 Å². The molecule has 4 rings (SSSR count). The first kappa shape index (κ1) is 15.1. The van der Waals surface area contributed by atoms with Gasteiger partial charge in [0.2, 0.25) is 5.95 Å². The number of nitrogen functional groups attached to an aromatic ring is 1. The number of thiazole rings is 1. The predicted molar refractivity (Wildman–Crippen MR) is 94.1 cm³/mol. The molecule has 0 unspecified atom stereocenters. The second kappa shape index (κ2) is 6.56. The molecule has 1 fully saturated rings. The molecule has 3 aromatic heterocycles. The zero-order chi connectivity index (χ0) is 16.4. The van der Waals surface area contributed by atoms with E-state index >= 15 is 0 Å². The van der Waals surface area contributed by atoms with Crippen molar-refractivity contribution in [3.05, 3.63) is 47.1 Å². The Balaban J connectivity index is 1.53. The standard InChI is InChI=1S/C16H19N7S/c17-14-3-4-19-16(21-14)23-6-1-2-12(8-23)15-18-5-7-22(15)9-13-10-24-11-20-13/h3-5,7,10-12H,1-2,6,8-9H2,(H2,17,19,21)/t12-/m0/s1. The molecule has 8 heteroatoms. The summed E-state index contributed by atoms with van der Waals surface area (Å²) >= 11 is 1.62. The fourth-order valence-electron chi connectivity index (χ4n) is 3.19. The molecule has 7 nitrogen and oxygen atoms in total. The molecule has 1 atom stereocenters. The maximum Gasteiger partial charge on any atom is 0.227 e. The number of aromatic nitrogens is 5. The first-order chi connectivity index (χ1) is 11.8. The van der Waals surface area contributed by atoms with Gasteiger partial charge in [0, 0.05) is 43.0 Å². The number of piperidine rings is 1. The quantitative estimate of drug-likeness (QED) is 0.782. The summed E-state index contributed by atoms with van der Waals surface area (Å²) in [5.74, 6) is 2.68. The third kappa shape index (κ3) is 3.09. The summed E-state index contributed by atoms with van der Waals surface area (Å²) in [6.45, 7) is 2.58. The van der Waals surface area contributed by atoms with Crippen LogP contribution in [0.25, 0.3) is 0 Å². The summed E-state index contributed by atoms with van der Waals surface area (Å²) < 4.78 is 2.20. The van der Waals surface area contributed by atoms with Crippen LogP contribution in [0, 0.1) is 0 Å². The zero-order valence-corrected chi connectivity index (χ0v) is 14.1. The van der Waals surface area contributed by atoms with E-state index in [0.717, 1.165) is 44.0 Å². The van der Waals surface area contributed by atoms with Crippen LogP contribution in [-0.2, 0) is 6.54 Å². The lowest BCUT2D eigenvalue weighted by Gasteiger charge is -2.32. The van der Waals surface area contributed by atoms with Gasteiger partial charge in [-0.1, -0.05) is 0 Å². The van der Waals surface area contributed by atoms with Crippen molar-refractivity contribution in [1.29, 1.82) is 0 Å². The minimum atomic E-state index is 0.359. The molecule has 1 aliphatic heterocycles. The van der Waals surface area contributed by atoms with E-state index in [1.807, 2.05) is 17.9 Å². The Labute approximate surface area is 144 Å². The van der Waals surface area contributed by atoms with E-state index in [-0.39, 0.29) is 0 Å². The predicted octanol–water partition coefficient (Wildman–Crippen LogP) is 2.14. The van der Waals surface area contributed by atoms with E-state index < -0.39 is 0 Å². The molecule has 3 aromatic rings. The van der Waals surface area contributed by atoms with Crippen LogP contribution in [0.5, 0.6) is 0 Å². The van der Waals surface area contributed by atoms with Crippen LogP contribution in [0.15, 0.2) is 35.5 Å². The summed E-state index contributed by atoms with van der Waals surface area (Å²) in [4.78, 5) is 19.9. The van der Waals surface area contributed by atoms with Gasteiger partial charge in [-0.2, -0.15) is 4.98 Å². The lowest BCUT2D eigenvalue weighted by molar-refractivity contribution is 0.471. The Kier molecular flexibility index (Phi) is 4.12. The molecule has 0 saturated carbocycles. The van der Waals surface area contributed by atoms with Crippen molar-refractivity contribution in [1.82, 2.24) is 24.5 Å². The maximum absolute atomic E-state index is 5.79. The van der Waals surface area contributed by atoms with Gasteiger partial charge >= 0.3 is 0 Å². The van der Waals surface area contributed by atoms with Crippen molar-refractivity contribution in [3.8, 4) is 0 Å². The Morgan fingerprint density at radius 2 is 2.21 bits per heavy atom. The summed E-state index contributed by atoms with van der Waals surface area (Å²) in [7, 11) is 0. The van der Waals surface area contributed by atoms with E-state index in [1.54, 1.807) is 23.6 Å². The zero-order valence-electron chi connectivity index (χ0n) is 13.2. The minimum Gasteiger partial charge on any atom is -0.384 e. The molecule has 124 valence electrons. The molecule has 4 heterocycles. The molecule has 24 heavy (non-hydrogen) atoms. The van der Waals surface area contributed by atoms with Gasteiger partial charge in [-0.3, -0.25) is 0 Å². The first-order valence-electron chi connectivity index (χ1n) is 8.01. The van der Waals surface area contributed by atoms with Crippen molar-refractivity contribution < 1.29 is 0 Å². The van der Waals surface area contributed by atoms with Crippen molar-refractivity contribution in [2.45, 2.75) is 25.3 Å². The molecule has 0 bridgehead atoms. The van der Waals surface area contributed by atoms with Crippen LogP contribution in [0.1, 0.15) is 30.3 Å². The van der Waals surface area contributed by atoms with Crippen molar-refractivity contribution in [2.24, 2.45) is 0 Å². The van der Waals surface area contributed by atoms with E-state index in [0.29, 0.717) is 17.7 Å². The molecule has 0 amide bonds. The van der Waals surface area contributed by atoms with Crippen molar-refractivity contribution in [3.63, 3.8) is 0 Å². The summed E-state index contributed by atoms with van der Waals surface area (Å²) in [5, 5.41) is 2.08.